The summed E-state index contributed by atoms with van der Waals surface area (Å²) >= 11 is 18.6. The summed E-state index contributed by atoms with van der Waals surface area (Å²) in [5.74, 6) is -2.21. The van der Waals surface area contributed by atoms with Crippen molar-refractivity contribution in [2.75, 3.05) is 5.32 Å². The molecular formula is C27H28Cl3LiN2O6. The largest absolute Gasteiger partial charge is 1.00 e. The van der Waals surface area contributed by atoms with Crippen molar-refractivity contribution in [2.24, 2.45) is 5.92 Å². The molecule has 6 N–H and O–H groups in total. The van der Waals surface area contributed by atoms with Crippen molar-refractivity contribution in [3.05, 3.63) is 74.7 Å². The fraction of sp³-hybridized carbons (Fsp3) is 0.296. The van der Waals surface area contributed by atoms with Gasteiger partial charge < -0.3 is 26.7 Å². The average Bonchev–Trinajstić information content (AvgIpc) is 2.87. The molecule has 39 heavy (non-hydrogen) atoms. The first-order valence-electron chi connectivity index (χ1n) is 11.7. The number of halogens is 3. The van der Waals surface area contributed by atoms with Gasteiger partial charge in [0.1, 0.15) is 6.04 Å². The van der Waals surface area contributed by atoms with Crippen LogP contribution in [-0.2, 0) is 16.0 Å². The maximum absolute atomic E-state index is 13.4. The fourth-order valence-corrected chi connectivity index (χ4v) is 5.37. The van der Waals surface area contributed by atoms with Crippen LogP contribution in [0.1, 0.15) is 48.0 Å². The molecule has 0 radical (unpaired) electrons. The Balaban J connectivity index is 0.00000253. The molecule has 0 unspecified atom stereocenters. The number of fused-ring (bicyclic) bond motifs is 1. The number of carboxylic acids is 1. The maximum atomic E-state index is 13.4. The van der Waals surface area contributed by atoms with Gasteiger partial charge in [0, 0.05) is 10.6 Å². The third-order valence-electron chi connectivity index (χ3n) is 6.55. The molecule has 0 bridgehead atoms. The Kier molecular flexibility index (Phi) is 13.8. The van der Waals surface area contributed by atoms with Crippen molar-refractivity contribution >= 4 is 69.0 Å². The summed E-state index contributed by atoms with van der Waals surface area (Å²) in [6.07, 6.45) is 4.29. The molecule has 0 heterocycles. The fourth-order valence-electron chi connectivity index (χ4n) is 4.69. The number of carboxylic acid groups (broad SMARTS) is 1. The zero-order chi connectivity index (χ0) is 25.8. The first kappa shape index (κ1) is 34.7. The van der Waals surface area contributed by atoms with Gasteiger partial charge in [-0.2, -0.15) is 0 Å². The van der Waals surface area contributed by atoms with Crippen molar-refractivity contribution in [3.63, 3.8) is 0 Å². The van der Waals surface area contributed by atoms with E-state index in [9.17, 15) is 19.5 Å². The molecule has 2 amide bonds. The Hall–Kier alpha value is -2.28. The number of hydrogen-bond acceptors (Lipinski definition) is 4. The van der Waals surface area contributed by atoms with E-state index in [0.717, 1.165) is 42.9 Å². The third-order valence-corrected chi connectivity index (χ3v) is 7.75. The van der Waals surface area contributed by atoms with Crippen LogP contribution >= 0.6 is 34.8 Å². The van der Waals surface area contributed by atoms with Crippen molar-refractivity contribution < 1.29 is 49.3 Å². The quantitative estimate of drug-likeness (QED) is 0.285. The van der Waals surface area contributed by atoms with Crippen LogP contribution in [0.25, 0.3) is 10.8 Å². The molecule has 3 aromatic rings. The minimum absolute atomic E-state index is 0. The number of carbonyl (C=O) groups excluding carboxylic acids is 2. The molecule has 204 valence electrons. The summed E-state index contributed by atoms with van der Waals surface area (Å²) in [6.45, 7) is 0. The molecule has 8 nitrogen and oxygen atoms in total. The predicted octanol–water partition coefficient (Wildman–Crippen LogP) is 2.75. The summed E-state index contributed by atoms with van der Waals surface area (Å²) in [5.41, 5.74) is 0.809. The van der Waals surface area contributed by atoms with Crippen LogP contribution in [0.4, 0.5) is 5.69 Å². The van der Waals surface area contributed by atoms with Crippen molar-refractivity contribution in [1.29, 1.82) is 0 Å². The van der Waals surface area contributed by atoms with Gasteiger partial charge in [-0.3, -0.25) is 9.59 Å². The van der Waals surface area contributed by atoms with Gasteiger partial charge in [-0.05, 0) is 53.8 Å². The van der Waals surface area contributed by atoms with E-state index in [0.29, 0.717) is 10.6 Å². The van der Waals surface area contributed by atoms with Crippen LogP contribution in [0, 0.1) is 5.92 Å². The molecule has 1 saturated carbocycles. The standard InChI is InChI=1S/C27H25Cl3N2O4.Li.2H2O/c28-20-10-11-21(29)24(30)18(20)14-23(33)31-22-13-17-9-5-4-8-16(17)12-19(22)26(34)32-25(27(35)36)15-6-2-1-3-7-15;;;/h4-5,8-13,15,25H,1-3,6-7,14H2,(H,31,33)(H,32,34)(H,35,36);;2*1H2/q;+1;;/p-1/t25-;;;/m0.../s1. The summed E-state index contributed by atoms with van der Waals surface area (Å²) in [7, 11) is 0. The van der Waals surface area contributed by atoms with Gasteiger partial charge in [0.15, 0.2) is 0 Å². The summed E-state index contributed by atoms with van der Waals surface area (Å²) in [6, 6.07) is 12.8. The SMILES string of the molecule is O.O=C(Cc1c(Cl)ccc(Cl)c1Cl)Nc1cc2ccccc2cc1C(=O)N[C@H](C(=O)O)C1CCCCC1.[Li+].[OH-]. The Morgan fingerprint density at radius 2 is 1.51 bits per heavy atom. The van der Waals surface area contributed by atoms with Crippen molar-refractivity contribution in [3.8, 4) is 0 Å². The number of benzene rings is 3. The Morgan fingerprint density at radius 1 is 0.923 bits per heavy atom. The second-order valence-electron chi connectivity index (χ2n) is 8.98. The van der Waals surface area contributed by atoms with Crippen LogP contribution in [0.5, 0.6) is 0 Å². The number of aliphatic carboxylic acids is 1. The van der Waals surface area contributed by atoms with Gasteiger partial charge in [0.05, 0.1) is 27.7 Å². The molecule has 3 aromatic carbocycles. The van der Waals surface area contributed by atoms with E-state index >= 15 is 0 Å². The summed E-state index contributed by atoms with van der Waals surface area (Å²) in [4.78, 5) is 38.4. The smallest absolute Gasteiger partial charge is 0.870 e. The van der Waals surface area contributed by atoms with E-state index < -0.39 is 23.8 Å². The molecule has 1 atom stereocenters. The second-order valence-corrected chi connectivity index (χ2v) is 10.2. The molecule has 1 aliphatic rings. The number of amides is 2. The number of carbonyl (C=O) groups is 3. The van der Waals surface area contributed by atoms with E-state index in [1.165, 1.54) is 0 Å². The van der Waals surface area contributed by atoms with E-state index in [2.05, 4.69) is 10.6 Å². The number of nitrogens with one attached hydrogen (secondary N) is 2. The number of rotatable bonds is 7. The monoisotopic (exact) mass is 588 g/mol. The predicted molar refractivity (Wildman–Crippen MR) is 149 cm³/mol. The number of anilines is 1. The molecule has 4 rings (SSSR count). The molecule has 12 heteroatoms. The van der Waals surface area contributed by atoms with Crippen LogP contribution in [0.3, 0.4) is 0 Å². The summed E-state index contributed by atoms with van der Waals surface area (Å²) < 4.78 is 0. The van der Waals surface area contributed by atoms with Gasteiger partial charge in [-0.1, -0.05) is 78.3 Å². The topological polar surface area (TPSA) is 157 Å². The minimum Gasteiger partial charge on any atom is -0.870 e. The molecule has 0 aliphatic heterocycles. The molecular weight excluding hydrogens is 562 g/mol. The van der Waals surface area contributed by atoms with Gasteiger partial charge in [0.2, 0.25) is 5.91 Å². The van der Waals surface area contributed by atoms with Gasteiger partial charge in [-0.25, -0.2) is 4.79 Å². The van der Waals surface area contributed by atoms with Crippen molar-refractivity contribution in [1.82, 2.24) is 5.32 Å². The van der Waals surface area contributed by atoms with Crippen molar-refractivity contribution in [2.45, 2.75) is 44.6 Å². The van der Waals surface area contributed by atoms with Crippen LogP contribution in [0.2, 0.25) is 15.1 Å². The zero-order valence-corrected chi connectivity index (χ0v) is 23.5. The number of hydrogen-bond donors (Lipinski definition) is 3. The van der Waals surface area contributed by atoms with E-state index in [-0.39, 0.29) is 63.4 Å². The Labute approximate surface area is 253 Å². The normalized spacial score (nSPS) is 13.7. The molecule has 1 aliphatic carbocycles. The molecule has 0 aromatic heterocycles. The van der Waals surface area contributed by atoms with E-state index in [1.54, 1.807) is 24.3 Å². The molecule has 0 spiro atoms. The van der Waals surface area contributed by atoms with Crippen LogP contribution in [0.15, 0.2) is 48.5 Å². The Morgan fingerprint density at radius 3 is 2.13 bits per heavy atom. The average molecular weight is 590 g/mol. The minimum atomic E-state index is -1.06. The second kappa shape index (κ2) is 15.5. The molecule has 1 fully saturated rings. The zero-order valence-electron chi connectivity index (χ0n) is 21.3. The first-order chi connectivity index (χ1) is 17.2. The van der Waals surface area contributed by atoms with Crippen LogP contribution in [-0.4, -0.2) is 39.9 Å². The van der Waals surface area contributed by atoms with Crippen LogP contribution < -0.4 is 29.5 Å². The first-order valence-corrected chi connectivity index (χ1v) is 12.9. The van der Waals surface area contributed by atoms with E-state index in [1.807, 2.05) is 24.3 Å². The van der Waals surface area contributed by atoms with Gasteiger partial charge in [0.25, 0.3) is 5.91 Å². The van der Waals surface area contributed by atoms with Gasteiger partial charge >= 0.3 is 24.8 Å². The van der Waals surface area contributed by atoms with Gasteiger partial charge in [-0.15, -0.1) is 0 Å². The third kappa shape index (κ3) is 8.35. The van der Waals surface area contributed by atoms with E-state index in [4.69, 9.17) is 34.8 Å². The Bertz CT molecular complexity index is 1330. The maximum Gasteiger partial charge on any atom is 1.00 e. The summed E-state index contributed by atoms with van der Waals surface area (Å²) in [5, 5.41) is 17.7. The molecule has 0 saturated heterocycles.